The lowest BCUT2D eigenvalue weighted by atomic mass is 10.0. The van der Waals surface area contributed by atoms with Gasteiger partial charge in [0, 0.05) is 65.9 Å². The van der Waals surface area contributed by atoms with Gasteiger partial charge in [-0.3, -0.25) is 14.2 Å². The molecule has 0 N–H and O–H groups in total. The van der Waals surface area contributed by atoms with E-state index >= 15 is 0 Å². The summed E-state index contributed by atoms with van der Waals surface area (Å²) in [6.07, 6.45) is 11.3. The number of rotatable bonds is 9. The van der Waals surface area contributed by atoms with E-state index in [4.69, 9.17) is 24.5 Å². The van der Waals surface area contributed by atoms with Gasteiger partial charge in [-0.25, -0.2) is 14.6 Å². The molecular weight excluding hydrogens is 582 g/mol. The largest absolute Gasteiger partial charge is 0.478 e. The minimum Gasteiger partial charge on any atom is -0.478 e. The molecule has 234 valence electrons. The summed E-state index contributed by atoms with van der Waals surface area (Å²) in [6, 6.07) is 8.40. The maximum Gasteiger partial charge on any atom is 0.311 e. The molecular formula is C34H35N9O3. The number of hydrogen-bond donors (Lipinski definition) is 0. The normalized spacial score (nSPS) is 19.3. The fourth-order valence-electron chi connectivity index (χ4n) is 6.90. The Bertz CT molecular complexity index is 2180. The van der Waals surface area contributed by atoms with Gasteiger partial charge >= 0.3 is 5.97 Å². The third kappa shape index (κ3) is 4.33. The first-order valence-corrected chi connectivity index (χ1v) is 16.1. The maximum absolute atomic E-state index is 12.3. The van der Waals surface area contributed by atoms with Crippen LogP contribution in [-0.2, 0) is 23.6 Å². The Morgan fingerprint density at radius 2 is 1.80 bits per heavy atom. The van der Waals surface area contributed by atoms with Crippen molar-refractivity contribution in [3.8, 4) is 34.2 Å². The highest BCUT2D eigenvalue weighted by atomic mass is 16.5. The molecule has 6 aromatic rings. The van der Waals surface area contributed by atoms with Gasteiger partial charge in [-0.15, -0.1) is 5.10 Å². The average molecular weight is 618 g/mol. The van der Waals surface area contributed by atoms with Crippen molar-refractivity contribution >= 4 is 27.9 Å². The van der Waals surface area contributed by atoms with Gasteiger partial charge in [0.15, 0.2) is 5.65 Å². The quantitative estimate of drug-likeness (QED) is 0.196. The fourth-order valence-corrected chi connectivity index (χ4v) is 6.90. The molecule has 2 unspecified atom stereocenters. The predicted octanol–water partition coefficient (Wildman–Crippen LogP) is 5.46. The summed E-state index contributed by atoms with van der Waals surface area (Å²) in [5.74, 6) is 1.95. The molecule has 9 rings (SSSR count). The molecule has 5 aromatic heterocycles. The van der Waals surface area contributed by atoms with Crippen molar-refractivity contribution in [2.24, 2.45) is 20.0 Å². The number of carbonyl (C=O) groups excluding carboxylic acids is 1. The molecule has 0 radical (unpaired) electrons. The van der Waals surface area contributed by atoms with Crippen LogP contribution in [0.4, 0.5) is 0 Å². The standard InChI is InChI=1S/C34H35N9O3/c1-5-46-34(44)22-14-26(22)43-17-27(33(39-43)45-4)42-16-24-21(7-6-8-25(24)37-42)29-30(19-11-12-19)41(3)32(36-29)23-13-20-15-40(2)38-31(20)35-28(23)18-9-10-18/h6-8,13,15-19,22,26H,5,9-12,14H2,1-4H3. The first-order valence-electron chi connectivity index (χ1n) is 16.1. The van der Waals surface area contributed by atoms with Crippen LogP contribution in [0.1, 0.15) is 68.3 Å². The van der Waals surface area contributed by atoms with Crippen molar-refractivity contribution < 1.29 is 14.3 Å². The van der Waals surface area contributed by atoms with Crippen molar-refractivity contribution in [1.82, 2.24) is 43.9 Å². The van der Waals surface area contributed by atoms with Crippen molar-refractivity contribution in [2.45, 2.75) is 56.9 Å². The summed E-state index contributed by atoms with van der Waals surface area (Å²) in [5, 5.41) is 16.2. The van der Waals surface area contributed by atoms with Crippen LogP contribution in [0.25, 0.3) is 50.3 Å². The van der Waals surface area contributed by atoms with E-state index in [1.807, 2.05) is 58.7 Å². The van der Waals surface area contributed by atoms with Crippen molar-refractivity contribution in [3.63, 3.8) is 0 Å². The van der Waals surface area contributed by atoms with Crippen molar-refractivity contribution in [2.75, 3.05) is 13.7 Å². The second-order valence-electron chi connectivity index (χ2n) is 12.9. The molecule has 3 aliphatic rings. The van der Waals surface area contributed by atoms with Gasteiger partial charge in [0.1, 0.15) is 11.5 Å². The molecule has 3 saturated carbocycles. The highest BCUT2D eigenvalue weighted by Crippen LogP contribution is 2.49. The minimum atomic E-state index is -0.186. The maximum atomic E-state index is 12.3. The second kappa shape index (κ2) is 10.0. The number of aromatic nitrogens is 9. The molecule has 5 heterocycles. The number of imidazole rings is 1. The molecule has 1 aromatic carbocycles. The number of ether oxygens (including phenoxy) is 2. The molecule has 0 bridgehead atoms. The summed E-state index contributed by atoms with van der Waals surface area (Å²) < 4.78 is 18.7. The van der Waals surface area contributed by atoms with Crippen LogP contribution in [0.2, 0.25) is 0 Å². The van der Waals surface area contributed by atoms with E-state index in [0.717, 1.165) is 76.0 Å². The van der Waals surface area contributed by atoms with Gasteiger partial charge in [0.25, 0.3) is 5.88 Å². The first-order chi connectivity index (χ1) is 22.4. The molecule has 3 aliphatic carbocycles. The molecule has 0 aliphatic heterocycles. The third-order valence-corrected chi connectivity index (χ3v) is 9.56. The molecule has 3 fully saturated rings. The summed E-state index contributed by atoms with van der Waals surface area (Å²) >= 11 is 0. The molecule has 0 spiro atoms. The van der Waals surface area contributed by atoms with Gasteiger partial charge in [-0.2, -0.15) is 10.2 Å². The van der Waals surface area contributed by atoms with Gasteiger partial charge in [0.2, 0.25) is 0 Å². The van der Waals surface area contributed by atoms with Crippen molar-refractivity contribution in [1.29, 1.82) is 0 Å². The van der Waals surface area contributed by atoms with Crippen LogP contribution in [0, 0.1) is 5.92 Å². The van der Waals surface area contributed by atoms with Crippen molar-refractivity contribution in [3.05, 3.63) is 54.2 Å². The number of fused-ring (bicyclic) bond motifs is 2. The van der Waals surface area contributed by atoms with Crippen LogP contribution >= 0.6 is 0 Å². The number of hydrogen-bond acceptors (Lipinski definition) is 8. The topological polar surface area (TPSA) is 120 Å². The molecule has 2 atom stereocenters. The SMILES string of the molecule is CCOC(=O)C1CC1n1cc(-n2cc3c(-c4nc(-c5cc6cn(C)nc6nc5C5CC5)n(C)c4C4CC4)cccc3n2)c(OC)n1. The van der Waals surface area contributed by atoms with E-state index < -0.39 is 0 Å². The van der Waals surface area contributed by atoms with E-state index in [1.54, 1.807) is 7.11 Å². The van der Waals surface area contributed by atoms with Crippen LogP contribution in [-0.4, -0.2) is 63.6 Å². The zero-order valence-corrected chi connectivity index (χ0v) is 26.3. The zero-order chi connectivity index (χ0) is 31.3. The molecule has 12 heteroatoms. The Balaban J connectivity index is 1.15. The van der Waals surface area contributed by atoms with E-state index in [-0.39, 0.29) is 17.9 Å². The lowest BCUT2D eigenvalue weighted by Gasteiger charge is -2.10. The number of esters is 1. The Kier molecular flexibility index (Phi) is 5.94. The number of pyridine rings is 1. The van der Waals surface area contributed by atoms with Gasteiger partial charge in [-0.05, 0) is 51.2 Å². The highest BCUT2D eigenvalue weighted by molar-refractivity contribution is 5.95. The summed E-state index contributed by atoms with van der Waals surface area (Å²) in [4.78, 5) is 22.8. The smallest absolute Gasteiger partial charge is 0.311 e. The lowest BCUT2D eigenvalue weighted by molar-refractivity contribution is -0.145. The van der Waals surface area contributed by atoms with Crippen LogP contribution in [0.15, 0.2) is 42.9 Å². The Labute approximate surface area is 264 Å². The second-order valence-corrected chi connectivity index (χ2v) is 12.9. The number of benzene rings is 1. The van der Waals surface area contributed by atoms with Crippen LogP contribution in [0.3, 0.4) is 0 Å². The number of carbonyl (C=O) groups is 1. The summed E-state index contributed by atoms with van der Waals surface area (Å²) in [5.41, 5.74) is 7.86. The molecule has 0 saturated heterocycles. The van der Waals surface area contributed by atoms with E-state index in [9.17, 15) is 4.79 Å². The minimum absolute atomic E-state index is 0.0452. The molecule has 0 amide bonds. The van der Waals surface area contributed by atoms with Gasteiger partial charge in [0.05, 0.1) is 48.8 Å². The fraction of sp³-hybridized carbons (Fsp3) is 0.412. The zero-order valence-electron chi connectivity index (χ0n) is 26.3. The highest BCUT2D eigenvalue weighted by Gasteiger charge is 2.47. The van der Waals surface area contributed by atoms with Crippen LogP contribution < -0.4 is 4.74 Å². The Morgan fingerprint density at radius 1 is 0.978 bits per heavy atom. The van der Waals surface area contributed by atoms with E-state index in [1.165, 1.54) is 5.69 Å². The average Bonchev–Trinajstić information content (AvgIpc) is 4.01. The Morgan fingerprint density at radius 3 is 2.57 bits per heavy atom. The Hall–Kier alpha value is -5.00. The predicted molar refractivity (Wildman–Crippen MR) is 171 cm³/mol. The lowest BCUT2D eigenvalue weighted by Crippen LogP contribution is -2.09. The monoisotopic (exact) mass is 617 g/mol. The van der Waals surface area contributed by atoms with Gasteiger partial charge in [-0.1, -0.05) is 12.1 Å². The number of aryl methyl sites for hydroxylation is 1. The molecule has 46 heavy (non-hydrogen) atoms. The van der Waals surface area contributed by atoms with E-state index in [0.29, 0.717) is 36.4 Å². The third-order valence-electron chi connectivity index (χ3n) is 9.56. The summed E-state index contributed by atoms with van der Waals surface area (Å²) in [6.45, 7) is 2.20. The van der Waals surface area contributed by atoms with E-state index in [2.05, 4.69) is 33.9 Å². The molecule has 12 nitrogen and oxygen atoms in total. The first kappa shape index (κ1) is 27.3. The number of nitrogens with zero attached hydrogens (tertiary/aromatic N) is 9. The summed E-state index contributed by atoms with van der Waals surface area (Å²) in [7, 11) is 5.69. The van der Waals surface area contributed by atoms with Crippen LogP contribution in [0.5, 0.6) is 5.88 Å². The van der Waals surface area contributed by atoms with Gasteiger partial charge < -0.3 is 14.0 Å². The number of methoxy groups -OCH3 is 1.